The molecule has 0 atom stereocenters. The van der Waals surface area contributed by atoms with Gasteiger partial charge in [-0.25, -0.2) is 19.2 Å². The number of aromatic carboxylic acids is 1. The zero-order valence-corrected chi connectivity index (χ0v) is 20.0. The van der Waals surface area contributed by atoms with Crippen LogP contribution in [0.1, 0.15) is 38.3 Å². The Hall–Kier alpha value is -4.79. The molecule has 0 aromatic heterocycles. The van der Waals surface area contributed by atoms with Crippen LogP contribution in [-0.2, 0) is 34.0 Å². The van der Waals surface area contributed by atoms with Crippen molar-refractivity contribution in [3.8, 4) is 0 Å². The highest BCUT2D eigenvalue weighted by atomic mass is 16.6. The highest BCUT2D eigenvalue weighted by Gasteiger charge is 2.39. The van der Waals surface area contributed by atoms with E-state index in [1.54, 1.807) is 18.2 Å². The summed E-state index contributed by atoms with van der Waals surface area (Å²) in [5.41, 5.74) is -1.30. The number of ketones is 1. The number of carboxylic acids is 1. The maximum atomic E-state index is 13.6. The molecule has 0 aliphatic carbocycles. The van der Waals surface area contributed by atoms with E-state index < -0.39 is 48.3 Å². The number of ether oxygens (including phenoxy) is 3. The molecule has 0 fully saturated rings. The normalized spacial score (nSPS) is 10.5. The van der Waals surface area contributed by atoms with Crippen LogP contribution < -0.4 is 0 Å². The average Bonchev–Trinajstić information content (AvgIpc) is 2.93. The smallest absolute Gasteiger partial charge is 0.336 e. The molecule has 0 aliphatic heterocycles. The van der Waals surface area contributed by atoms with Crippen LogP contribution in [-0.4, -0.2) is 54.6 Å². The van der Waals surface area contributed by atoms with Gasteiger partial charge in [-0.3, -0.25) is 4.79 Å². The average molecular weight is 507 g/mol. The standard InChI is InChI=1S/C28H26O9/c1-4-23(29)35-16-15-28(17-36-24(30)5-2,18-37-25(31)6-3)22-14-10-9-13-21(22)26(32)19-11-7-8-12-20(19)27(33)34/h4-14H,1-3,15-18H2,(H,33,34). The minimum Gasteiger partial charge on any atom is -0.478 e. The quantitative estimate of drug-likeness (QED) is 0.177. The van der Waals surface area contributed by atoms with Gasteiger partial charge in [0.25, 0.3) is 0 Å². The largest absolute Gasteiger partial charge is 0.478 e. The third kappa shape index (κ3) is 7.35. The van der Waals surface area contributed by atoms with E-state index in [0.717, 1.165) is 18.2 Å². The number of esters is 3. The van der Waals surface area contributed by atoms with Gasteiger partial charge in [-0.2, -0.15) is 0 Å². The molecule has 0 radical (unpaired) electrons. The highest BCUT2D eigenvalue weighted by Crippen LogP contribution is 2.34. The lowest BCUT2D eigenvalue weighted by atomic mass is 9.75. The molecule has 2 aromatic carbocycles. The monoisotopic (exact) mass is 506 g/mol. The minimum atomic E-state index is -1.39. The molecule has 0 unspecified atom stereocenters. The highest BCUT2D eigenvalue weighted by molar-refractivity contribution is 6.15. The minimum absolute atomic E-state index is 0.0493. The Kier molecular flexibility index (Phi) is 10.3. The third-order valence-corrected chi connectivity index (χ3v) is 5.45. The van der Waals surface area contributed by atoms with Crippen molar-refractivity contribution in [1.29, 1.82) is 0 Å². The number of hydrogen-bond donors (Lipinski definition) is 1. The van der Waals surface area contributed by atoms with Crippen LogP contribution in [0.15, 0.2) is 86.5 Å². The molecule has 0 saturated heterocycles. The van der Waals surface area contributed by atoms with Crippen molar-refractivity contribution >= 4 is 29.7 Å². The summed E-state index contributed by atoms with van der Waals surface area (Å²) in [6, 6.07) is 11.9. The van der Waals surface area contributed by atoms with E-state index in [4.69, 9.17) is 14.2 Å². The van der Waals surface area contributed by atoms with Crippen LogP contribution in [0.5, 0.6) is 0 Å². The van der Waals surface area contributed by atoms with E-state index in [9.17, 15) is 29.1 Å². The molecule has 9 nitrogen and oxygen atoms in total. The van der Waals surface area contributed by atoms with E-state index in [0.29, 0.717) is 0 Å². The summed E-state index contributed by atoms with van der Waals surface area (Å²) in [6.45, 7) is 9.08. The summed E-state index contributed by atoms with van der Waals surface area (Å²) in [5.74, 6) is -4.17. The van der Waals surface area contributed by atoms with Crippen molar-refractivity contribution in [1.82, 2.24) is 0 Å². The first kappa shape index (κ1) is 28.4. The van der Waals surface area contributed by atoms with Crippen molar-refractivity contribution in [2.75, 3.05) is 19.8 Å². The van der Waals surface area contributed by atoms with E-state index in [2.05, 4.69) is 19.7 Å². The fourth-order valence-corrected chi connectivity index (χ4v) is 3.57. The van der Waals surface area contributed by atoms with Gasteiger partial charge >= 0.3 is 23.9 Å². The van der Waals surface area contributed by atoms with Crippen LogP contribution in [0.2, 0.25) is 0 Å². The summed E-state index contributed by atoms with van der Waals surface area (Å²) >= 11 is 0. The second kappa shape index (κ2) is 13.3. The maximum absolute atomic E-state index is 13.6. The summed E-state index contributed by atoms with van der Waals surface area (Å²) in [4.78, 5) is 61.0. The van der Waals surface area contributed by atoms with Crippen LogP contribution in [0.3, 0.4) is 0 Å². The van der Waals surface area contributed by atoms with E-state index in [1.165, 1.54) is 30.3 Å². The molecule has 9 heteroatoms. The van der Waals surface area contributed by atoms with E-state index in [1.807, 2.05) is 0 Å². The molecule has 37 heavy (non-hydrogen) atoms. The Morgan fingerprint density at radius 2 is 1.16 bits per heavy atom. The summed E-state index contributed by atoms with van der Waals surface area (Å²) in [5, 5.41) is 9.58. The number of carboxylic acid groups (broad SMARTS) is 1. The van der Waals surface area contributed by atoms with Crippen molar-refractivity contribution in [2.45, 2.75) is 11.8 Å². The molecule has 0 bridgehead atoms. The van der Waals surface area contributed by atoms with Gasteiger partial charge in [0.2, 0.25) is 0 Å². The Bertz CT molecular complexity index is 1200. The predicted octanol–water partition coefficient (Wildman–Crippen LogP) is 3.43. The zero-order valence-electron chi connectivity index (χ0n) is 20.0. The Labute approximate surface area is 213 Å². The van der Waals surface area contributed by atoms with E-state index >= 15 is 0 Å². The molecule has 192 valence electrons. The number of carbonyl (C=O) groups excluding carboxylic acids is 4. The van der Waals surface area contributed by atoms with Gasteiger partial charge in [0.15, 0.2) is 5.78 Å². The summed E-state index contributed by atoms with van der Waals surface area (Å²) in [7, 11) is 0. The second-order valence-electron chi connectivity index (χ2n) is 7.75. The Morgan fingerprint density at radius 3 is 1.68 bits per heavy atom. The van der Waals surface area contributed by atoms with Gasteiger partial charge in [0, 0.05) is 29.4 Å². The van der Waals surface area contributed by atoms with Gasteiger partial charge in [-0.05, 0) is 18.1 Å². The summed E-state index contributed by atoms with van der Waals surface area (Å²) < 4.78 is 15.8. The molecule has 1 N–H and O–H groups in total. The van der Waals surface area contributed by atoms with Crippen molar-refractivity contribution < 1.29 is 43.3 Å². The molecule has 0 aliphatic rings. The Morgan fingerprint density at radius 1 is 0.703 bits per heavy atom. The molecule has 2 rings (SSSR count). The molecule has 0 saturated carbocycles. The molecule has 0 spiro atoms. The van der Waals surface area contributed by atoms with Gasteiger partial charge < -0.3 is 19.3 Å². The number of benzene rings is 2. The lowest BCUT2D eigenvalue weighted by Crippen LogP contribution is -2.41. The molecule has 0 heterocycles. The number of hydrogen-bond acceptors (Lipinski definition) is 8. The SMILES string of the molecule is C=CC(=O)OCCC(COC(=O)C=C)(COC(=O)C=C)c1ccccc1C(=O)c1ccccc1C(=O)O. The Balaban J connectivity index is 2.69. The third-order valence-electron chi connectivity index (χ3n) is 5.45. The lowest BCUT2D eigenvalue weighted by Gasteiger charge is -2.34. The maximum Gasteiger partial charge on any atom is 0.336 e. The van der Waals surface area contributed by atoms with Gasteiger partial charge in [0.1, 0.15) is 13.2 Å². The van der Waals surface area contributed by atoms with Crippen LogP contribution >= 0.6 is 0 Å². The van der Waals surface area contributed by atoms with Crippen LogP contribution in [0, 0.1) is 0 Å². The summed E-state index contributed by atoms with van der Waals surface area (Å²) in [6.07, 6.45) is 2.81. The van der Waals surface area contributed by atoms with Gasteiger partial charge in [-0.1, -0.05) is 62.2 Å². The first-order valence-electron chi connectivity index (χ1n) is 11.0. The molecular formula is C28H26O9. The molecular weight excluding hydrogens is 480 g/mol. The fraction of sp³-hybridized carbons (Fsp3) is 0.179. The lowest BCUT2D eigenvalue weighted by molar-refractivity contribution is -0.147. The second-order valence-corrected chi connectivity index (χ2v) is 7.75. The number of rotatable bonds is 14. The molecule has 0 amide bonds. The number of carbonyl (C=O) groups is 5. The van der Waals surface area contributed by atoms with Crippen LogP contribution in [0.4, 0.5) is 0 Å². The van der Waals surface area contributed by atoms with Crippen LogP contribution in [0.25, 0.3) is 0 Å². The van der Waals surface area contributed by atoms with E-state index in [-0.39, 0.29) is 35.3 Å². The fourth-order valence-electron chi connectivity index (χ4n) is 3.57. The van der Waals surface area contributed by atoms with Gasteiger partial charge in [-0.15, -0.1) is 0 Å². The first-order valence-corrected chi connectivity index (χ1v) is 11.0. The zero-order chi connectivity index (χ0) is 27.4. The first-order chi connectivity index (χ1) is 17.7. The van der Waals surface area contributed by atoms with Gasteiger partial charge in [0.05, 0.1) is 17.6 Å². The van der Waals surface area contributed by atoms with Crippen molar-refractivity contribution in [2.24, 2.45) is 0 Å². The molecule has 2 aromatic rings. The predicted molar refractivity (Wildman–Crippen MR) is 133 cm³/mol. The topological polar surface area (TPSA) is 133 Å². The van der Waals surface area contributed by atoms with Crippen molar-refractivity contribution in [3.63, 3.8) is 0 Å². The van der Waals surface area contributed by atoms with Crippen molar-refractivity contribution in [3.05, 3.63) is 109 Å².